The Labute approximate surface area is 154 Å². The van der Waals surface area contributed by atoms with E-state index in [-0.39, 0.29) is 5.95 Å². The standard InChI is InChI=1S/C18H17N5O4/c1-9-15(17(24)25)16(23-18(19-9)20-21-22-23)12-6-7-14(27-3)13-8-10(26-2)4-5-11(12)13/h4-8,15-16H,1-3H3,(H,24,25). The zero-order valence-corrected chi connectivity index (χ0v) is 14.9. The number of aliphatic carboxylic acids is 1. The molecule has 1 aromatic heterocycles. The van der Waals surface area contributed by atoms with Crippen LogP contribution < -0.4 is 9.47 Å². The average molecular weight is 367 g/mol. The SMILES string of the molecule is COc1ccc2c(C3C(C(=O)O)C(C)=Nc4nnnn43)ccc(OC)c2c1. The summed E-state index contributed by atoms with van der Waals surface area (Å²) < 4.78 is 12.3. The maximum Gasteiger partial charge on any atom is 0.314 e. The van der Waals surface area contributed by atoms with E-state index in [9.17, 15) is 9.90 Å². The lowest BCUT2D eigenvalue weighted by molar-refractivity contribution is -0.140. The van der Waals surface area contributed by atoms with Crippen molar-refractivity contribution in [2.24, 2.45) is 10.9 Å². The van der Waals surface area contributed by atoms with Gasteiger partial charge in [-0.2, -0.15) is 0 Å². The number of nitrogens with zero attached hydrogens (tertiary/aromatic N) is 5. The molecule has 1 N–H and O–H groups in total. The van der Waals surface area contributed by atoms with Crippen LogP contribution in [-0.2, 0) is 4.79 Å². The number of tetrazole rings is 1. The summed E-state index contributed by atoms with van der Waals surface area (Å²) in [6.07, 6.45) is 0. The predicted octanol–water partition coefficient (Wildman–Crippen LogP) is 2.24. The number of aliphatic imine (C=N–C) groups is 1. The monoisotopic (exact) mass is 367 g/mol. The average Bonchev–Trinajstić information content (AvgIpc) is 3.13. The van der Waals surface area contributed by atoms with Gasteiger partial charge in [0.1, 0.15) is 23.5 Å². The molecule has 0 radical (unpaired) electrons. The van der Waals surface area contributed by atoms with Gasteiger partial charge in [0.05, 0.1) is 14.2 Å². The van der Waals surface area contributed by atoms with Crippen molar-refractivity contribution < 1.29 is 19.4 Å². The van der Waals surface area contributed by atoms with Crippen LogP contribution in [0, 0.1) is 5.92 Å². The molecule has 138 valence electrons. The molecule has 2 atom stereocenters. The maximum atomic E-state index is 12.0. The Balaban J connectivity index is 2.01. The largest absolute Gasteiger partial charge is 0.497 e. The van der Waals surface area contributed by atoms with Gasteiger partial charge >= 0.3 is 5.97 Å². The molecule has 3 aromatic rings. The first kappa shape index (κ1) is 17.0. The second-order valence-corrected chi connectivity index (χ2v) is 6.21. The van der Waals surface area contributed by atoms with E-state index in [2.05, 4.69) is 20.5 Å². The fourth-order valence-corrected chi connectivity index (χ4v) is 3.55. The van der Waals surface area contributed by atoms with Crippen LogP contribution in [0.25, 0.3) is 10.8 Å². The second kappa shape index (κ2) is 6.35. The molecule has 0 saturated heterocycles. The van der Waals surface area contributed by atoms with E-state index in [1.54, 1.807) is 27.2 Å². The van der Waals surface area contributed by atoms with Gasteiger partial charge in [0, 0.05) is 11.1 Å². The van der Waals surface area contributed by atoms with Crippen molar-refractivity contribution in [1.29, 1.82) is 0 Å². The van der Waals surface area contributed by atoms with Gasteiger partial charge in [0.2, 0.25) is 0 Å². The van der Waals surface area contributed by atoms with E-state index in [1.165, 1.54) is 4.68 Å². The van der Waals surface area contributed by atoms with Crippen molar-refractivity contribution >= 4 is 28.4 Å². The highest BCUT2D eigenvalue weighted by Crippen LogP contribution is 2.41. The number of rotatable bonds is 4. The highest BCUT2D eigenvalue weighted by Gasteiger charge is 2.40. The molecule has 0 spiro atoms. The molecular weight excluding hydrogens is 350 g/mol. The van der Waals surface area contributed by atoms with E-state index < -0.39 is 17.9 Å². The summed E-state index contributed by atoms with van der Waals surface area (Å²) in [5, 5.41) is 23.1. The molecule has 2 aromatic carbocycles. The highest BCUT2D eigenvalue weighted by molar-refractivity contribution is 6.03. The third-order valence-corrected chi connectivity index (χ3v) is 4.80. The van der Waals surface area contributed by atoms with Gasteiger partial charge < -0.3 is 14.6 Å². The van der Waals surface area contributed by atoms with Crippen LogP contribution in [0.1, 0.15) is 18.5 Å². The number of methoxy groups -OCH3 is 2. The Morgan fingerprint density at radius 2 is 1.96 bits per heavy atom. The molecule has 1 aliphatic heterocycles. The minimum atomic E-state index is -0.986. The molecule has 1 aliphatic rings. The lowest BCUT2D eigenvalue weighted by Gasteiger charge is -2.29. The Kier molecular flexibility index (Phi) is 3.98. The fraction of sp³-hybridized carbons (Fsp3) is 0.278. The van der Waals surface area contributed by atoms with Crippen LogP contribution in [0.3, 0.4) is 0 Å². The first-order valence-electron chi connectivity index (χ1n) is 8.25. The van der Waals surface area contributed by atoms with Crippen LogP contribution in [0.5, 0.6) is 11.5 Å². The van der Waals surface area contributed by atoms with Gasteiger partial charge in [-0.1, -0.05) is 17.2 Å². The highest BCUT2D eigenvalue weighted by atomic mass is 16.5. The summed E-state index contributed by atoms with van der Waals surface area (Å²) in [5.41, 5.74) is 1.22. The van der Waals surface area contributed by atoms with Crippen molar-refractivity contribution in [3.63, 3.8) is 0 Å². The minimum absolute atomic E-state index is 0.285. The van der Waals surface area contributed by atoms with Crippen LogP contribution >= 0.6 is 0 Å². The minimum Gasteiger partial charge on any atom is -0.497 e. The van der Waals surface area contributed by atoms with Crippen molar-refractivity contribution in [3.8, 4) is 11.5 Å². The molecule has 0 bridgehead atoms. The number of carboxylic acids is 1. The molecule has 0 fully saturated rings. The smallest absolute Gasteiger partial charge is 0.314 e. The van der Waals surface area contributed by atoms with E-state index in [0.717, 1.165) is 16.3 Å². The Bertz CT molecular complexity index is 1070. The molecule has 2 heterocycles. The van der Waals surface area contributed by atoms with Crippen molar-refractivity contribution in [1.82, 2.24) is 20.2 Å². The number of hydrogen-bond donors (Lipinski definition) is 1. The van der Waals surface area contributed by atoms with E-state index in [0.29, 0.717) is 17.2 Å². The number of benzene rings is 2. The molecule has 4 rings (SSSR count). The fourth-order valence-electron chi connectivity index (χ4n) is 3.55. The molecule has 9 nitrogen and oxygen atoms in total. The number of aromatic nitrogens is 4. The third kappa shape index (κ3) is 2.59. The zero-order valence-electron chi connectivity index (χ0n) is 14.9. The number of hydrogen-bond acceptors (Lipinski definition) is 7. The number of ether oxygens (including phenoxy) is 2. The van der Waals surface area contributed by atoms with Crippen LogP contribution in [-0.4, -0.2) is 51.2 Å². The summed E-state index contributed by atoms with van der Waals surface area (Å²) in [6.45, 7) is 1.68. The number of carboxylic acid groups (broad SMARTS) is 1. The molecule has 2 unspecified atom stereocenters. The Morgan fingerprint density at radius 1 is 1.15 bits per heavy atom. The summed E-state index contributed by atoms with van der Waals surface area (Å²) >= 11 is 0. The van der Waals surface area contributed by atoms with Crippen LogP contribution in [0.4, 0.5) is 5.95 Å². The van der Waals surface area contributed by atoms with Crippen molar-refractivity contribution in [2.45, 2.75) is 13.0 Å². The van der Waals surface area contributed by atoms with E-state index >= 15 is 0 Å². The van der Waals surface area contributed by atoms with Gasteiger partial charge in [-0.15, -0.1) is 0 Å². The first-order valence-corrected chi connectivity index (χ1v) is 8.25. The summed E-state index contributed by atoms with van der Waals surface area (Å²) in [7, 11) is 3.18. The van der Waals surface area contributed by atoms with Gasteiger partial charge in [0.25, 0.3) is 5.95 Å². The van der Waals surface area contributed by atoms with Crippen LogP contribution in [0.15, 0.2) is 35.3 Å². The molecular formula is C18H17N5O4. The van der Waals surface area contributed by atoms with E-state index in [4.69, 9.17) is 9.47 Å². The number of fused-ring (bicyclic) bond motifs is 2. The van der Waals surface area contributed by atoms with E-state index in [1.807, 2.05) is 24.3 Å². The Hall–Kier alpha value is -3.49. The first-order chi connectivity index (χ1) is 13.0. The topological polar surface area (TPSA) is 112 Å². The molecule has 27 heavy (non-hydrogen) atoms. The predicted molar refractivity (Wildman–Crippen MR) is 96.9 cm³/mol. The third-order valence-electron chi connectivity index (χ3n) is 4.80. The van der Waals surface area contributed by atoms with Gasteiger partial charge in [-0.3, -0.25) is 4.79 Å². The van der Waals surface area contributed by atoms with Gasteiger partial charge in [-0.05, 0) is 46.5 Å². The lowest BCUT2D eigenvalue weighted by atomic mass is 9.86. The molecule has 0 aliphatic carbocycles. The van der Waals surface area contributed by atoms with Crippen LogP contribution in [0.2, 0.25) is 0 Å². The molecule has 9 heteroatoms. The summed E-state index contributed by atoms with van der Waals surface area (Å²) in [4.78, 5) is 16.3. The van der Waals surface area contributed by atoms with Crippen molar-refractivity contribution in [3.05, 3.63) is 35.9 Å². The van der Waals surface area contributed by atoms with Crippen molar-refractivity contribution in [2.75, 3.05) is 14.2 Å². The zero-order chi connectivity index (χ0) is 19.1. The second-order valence-electron chi connectivity index (χ2n) is 6.21. The number of carbonyl (C=O) groups is 1. The molecule has 0 amide bonds. The lowest BCUT2D eigenvalue weighted by Crippen LogP contribution is -2.36. The molecule has 0 saturated carbocycles. The normalized spacial score (nSPS) is 18.7. The Morgan fingerprint density at radius 3 is 2.67 bits per heavy atom. The quantitative estimate of drug-likeness (QED) is 0.752. The maximum absolute atomic E-state index is 12.0. The summed E-state index contributed by atoms with van der Waals surface area (Å²) in [6, 6.07) is 8.59. The van der Waals surface area contributed by atoms with Gasteiger partial charge in [-0.25, -0.2) is 9.67 Å². The van der Waals surface area contributed by atoms with Gasteiger partial charge in [0.15, 0.2) is 0 Å². The summed E-state index contributed by atoms with van der Waals surface area (Å²) in [5.74, 6) is -0.248.